The van der Waals surface area contributed by atoms with Crippen LogP contribution in [0.2, 0.25) is 0 Å². The smallest absolute Gasteiger partial charge is 0.0951 e. The van der Waals surface area contributed by atoms with E-state index in [9.17, 15) is 0 Å². The zero-order valence-electron chi connectivity index (χ0n) is 10.9. The van der Waals surface area contributed by atoms with Crippen LogP contribution in [0.5, 0.6) is 0 Å². The van der Waals surface area contributed by atoms with Crippen molar-refractivity contribution in [3.63, 3.8) is 0 Å². The third-order valence-electron chi connectivity index (χ3n) is 3.63. The van der Waals surface area contributed by atoms with E-state index in [0.29, 0.717) is 6.04 Å². The minimum atomic E-state index is 0.532. The lowest BCUT2D eigenvalue weighted by Crippen LogP contribution is -2.27. The van der Waals surface area contributed by atoms with Crippen molar-refractivity contribution in [1.82, 2.24) is 4.98 Å². The summed E-state index contributed by atoms with van der Waals surface area (Å²) in [4.78, 5) is 5.99. The van der Waals surface area contributed by atoms with Crippen molar-refractivity contribution in [2.24, 2.45) is 0 Å². The van der Waals surface area contributed by atoms with Crippen LogP contribution < -0.4 is 5.32 Å². The van der Waals surface area contributed by atoms with Gasteiger partial charge < -0.3 is 5.32 Å². The fourth-order valence-corrected chi connectivity index (χ4v) is 3.51. The van der Waals surface area contributed by atoms with Crippen molar-refractivity contribution >= 4 is 17.0 Å². The maximum atomic E-state index is 4.64. The van der Waals surface area contributed by atoms with Gasteiger partial charge in [-0.25, -0.2) is 4.98 Å². The van der Waals surface area contributed by atoms with Gasteiger partial charge in [-0.2, -0.15) is 0 Å². The fourth-order valence-electron chi connectivity index (χ4n) is 2.49. The van der Waals surface area contributed by atoms with E-state index in [1.165, 1.54) is 39.7 Å². The van der Waals surface area contributed by atoms with Gasteiger partial charge in [-0.3, -0.25) is 0 Å². The molecule has 0 radical (unpaired) electrons. The molecule has 1 aromatic heterocycles. The van der Waals surface area contributed by atoms with Crippen molar-refractivity contribution < 1.29 is 0 Å². The molecule has 1 aromatic carbocycles. The van der Waals surface area contributed by atoms with Gasteiger partial charge >= 0.3 is 0 Å². The number of benzene rings is 1. The predicted octanol–water partition coefficient (Wildman–Crippen LogP) is 3.73. The Morgan fingerprint density at radius 1 is 1.33 bits per heavy atom. The monoisotopic (exact) mass is 258 g/mol. The predicted molar refractivity (Wildman–Crippen MR) is 77.5 cm³/mol. The lowest BCUT2D eigenvalue weighted by atomic mass is 9.96. The summed E-state index contributed by atoms with van der Waals surface area (Å²) in [6, 6.07) is 9.15. The fraction of sp³-hybridized carbons (Fsp3) is 0.400. The Balaban J connectivity index is 1.73. The third-order valence-corrected chi connectivity index (χ3v) is 4.73. The SMILES string of the molecule is Cc1nc(CC2CCc3ccccc3N2)sc1C. The highest BCUT2D eigenvalue weighted by molar-refractivity contribution is 7.11. The zero-order valence-corrected chi connectivity index (χ0v) is 11.7. The Morgan fingerprint density at radius 3 is 2.94 bits per heavy atom. The number of rotatable bonds is 2. The average molecular weight is 258 g/mol. The van der Waals surface area contributed by atoms with Crippen LogP contribution in [0.4, 0.5) is 5.69 Å². The number of hydrogen-bond donors (Lipinski definition) is 1. The standard InChI is InChI=1S/C15H18N2S/c1-10-11(2)18-15(16-10)9-13-8-7-12-5-3-4-6-14(12)17-13/h3-6,13,17H,7-9H2,1-2H3. The summed E-state index contributed by atoms with van der Waals surface area (Å²) in [6.07, 6.45) is 3.43. The van der Waals surface area contributed by atoms with Crippen LogP contribution in [-0.4, -0.2) is 11.0 Å². The molecule has 0 bridgehead atoms. The number of anilines is 1. The Hall–Kier alpha value is -1.35. The summed E-state index contributed by atoms with van der Waals surface area (Å²) >= 11 is 1.84. The molecule has 1 unspecified atom stereocenters. The second-order valence-corrected chi connectivity index (χ2v) is 6.28. The molecule has 2 nitrogen and oxygen atoms in total. The zero-order chi connectivity index (χ0) is 12.5. The minimum absolute atomic E-state index is 0.532. The third kappa shape index (κ3) is 2.27. The molecule has 0 amide bonds. The van der Waals surface area contributed by atoms with Crippen LogP contribution >= 0.6 is 11.3 Å². The molecule has 0 saturated heterocycles. The van der Waals surface area contributed by atoms with Gasteiger partial charge in [-0.1, -0.05) is 18.2 Å². The van der Waals surface area contributed by atoms with Crippen molar-refractivity contribution in [1.29, 1.82) is 0 Å². The van der Waals surface area contributed by atoms with Crippen LogP contribution in [0.15, 0.2) is 24.3 Å². The quantitative estimate of drug-likeness (QED) is 0.888. The first-order valence-electron chi connectivity index (χ1n) is 6.50. The summed E-state index contributed by atoms with van der Waals surface area (Å²) in [7, 11) is 0. The van der Waals surface area contributed by atoms with E-state index < -0.39 is 0 Å². The maximum absolute atomic E-state index is 4.64. The van der Waals surface area contributed by atoms with E-state index in [1.54, 1.807) is 0 Å². The molecule has 2 aromatic rings. The van der Waals surface area contributed by atoms with E-state index in [2.05, 4.69) is 48.4 Å². The number of hydrogen-bond acceptors (Lipinski definition) is 3. The van der Waals surface area contributed by atoms with Crippen LogP contribution in [-0.2, 0) is 12.8 Å². The van der Waals surface area contributed by atoms with Gasteiger partial charge in [0.1, 0.15) is 0 Å². The van der Waals surface area contributed by atoms with Crippen LogP contribution in [0.1, 0.15) is 27.6 Å². The molecule has 1 N–H and O–H groups in total. The van der Waals surface area contributed by atoms with Crippen molar-refractivity contribution in [2.45, 2.75) is 39.2 Å². The summed E-state index contributed by atoms with van der Waals surface area (Å²) in [6.45, 7) is 4.25. The Bertz CT molecular complexity index is 540. The van der Waals surface area contributed by atoms with Crippen LogP contribution in [0.25, 0.3) is 0 Å². The molecule has 1 aliphatic rings. The highest BCUT2D eigenvalue weighted by atomic mass is 32.1. The molecule has 1 aliphatic heterocycles. The van der Waals surface area contributed by atoms with E-state index in [0.717, 1.165) is 6.42 Å². The average Bonchev–Trinajstić information content (AvgIpc) is 2.68. The first-order chi connectivity index (χ1) is 8.72. The van der Waals surface area contributed by atoms with E-state index in [4.69, 9.17) is 0 Å². The summed E-state index contributed by atoms with van der Waals surface area (Å²) in [5.41, 5.74) is 3.94. The highest BCUT2D eigenvalue weighted by Crippen LogP contribution is 2.27. The molecular weight excluding hydrogens is 240 g/mol. The minimum Gasteiger partial charge on any atom is -0.382 e. The molecule has 3 heteroatoms. The molecule has 0 saturated carbocycles. The van der Waals surface area contributed by atoms with Gasteiger partial charge in [-0.05, 0) is 38.3 Å². The lowest BCUT2D eigenvalue weighted by Gasteiger charge is -2.26. The van der Waals surface area contributed by atoms with Gasteiger partial charge in [0, 0.05) is 23.0 Å². The van der Waals surface area contributed by atoms with Crippen LogP contribution in [0.3, 0.4) is 0 Å². The molecule has 94 valence electrons. The lowest BCUT2D eigenvalue weighted by molar-refractivity contribution is 0.626. The van der Waals surface area contributed by atoms with Crippen molar-refractivity contribution in [2.75, 3.05) is 5.32 Å². The van der Waals surface area contributed by atoms with Gasteiger partial charge in [0.05, 0.1) is 10.7 Å². The van der Waals surface area contributed by atoms with Crippen LogP contribution in [0, 0.1) is 13.8 Å². The molecule has 18 heavy (non-hydrogen) atoms. The number of thiazole rings is 1. The number of fused-ring (bicyclic) bond motifs is 1. The first kappa shape index (κ1) is 11.7. The van der Waals surface area contributed by atoms with E-state index >= 15 is 0 Å². The summed E-state index contributed by atoms with van der Waals surface area (Å²) in [5.74, 6) is 0. The van der Waals surface area contributed by atoms with Crippen molar-refractivity contribution in [3.8, 4) is 0 Å². The largest absolute Gasteiger partial charge is 0.382 e. The Morgan fingerprint density at radius 2 is 2.17 bits per heavy atom. The number of aryl methyl sites for hydroxylation is 3. The highest BCUT2D eigenvalue weighted by Gasteiger charge is 2.18. The second-order valence-electron chi connectivity index (χ2n) is 4.99. The normalized spacial score (nSPS) is 18.2. The number of aromatic nitrogens is 1. The topological polar surface area (TPSA) is 24.9 Å². The number of nitrogens with zero attached hydrogens (tertiary/aromatic N) is 1. The van der Waals surface area contributed by atoms with Gasteiger partial charge in [-0.15, -0.1) is 11.3 Å². The number of nitrogens with one attached hydrogen (secondary N) is 1. The molecule has 2 heterocycles. The molecule has 0 aliphatic carbocycles. The van der Waals surface area contributed by atoms with E-state index in [1.807, 2.05) is 11.3 Å². The van der Waals surface area contributed by atoms with Crippen molar-refractivity contribution in [3.05, 3.63) is 45.4 Å². The molecule has 3 rings (SSSR count). The van der Waals surface area contributed by atoms with Gasteiger partial charge in [0.25, 0.3) is 0 Å². The van der Waals surface area contributed by atoms with E-state index in [-0.39, 0.29) is 0 Å². The van der Waals surface area contributed by atoms with Gasteiger partial charge in [0.2, 0.25) is 0 Å². The number of para-hydroxylation sites is 1. The molecule has 0 spiro atoms. The Kier molecular flexibility index (Phi) is 3.08. The maximum Gasteiger partial charge on any atom is 0.0951 e. The summed E-state index contributed by atoms with van der Waals surface area (Å²) < 4.78 is 0. The Labute approximate surface area is 112 Å². The molecule has 1 atom stereocenters. The second kappa shape index (κ2) is 4.73. The molecule has 0 fully saturated rings. The summed E-state index contributed by atoms with van der Waals surface area (Å²) in [5, 5.41) is 4.91. The first-order valence-corrected chi connectivity index (χ1v) is 7.31. The molecular formula is C15H18N2S. The van der Waals surface area contributed by atoms with Gasteiger partial charge in [0.15, 0.2) is 0 Å².